The maximum Gasteiger partial charge on any atom is 0.0542 e. The molecule has 2 nitrogen and oxygen atoms in total. The molecule has 0 bridgehead atoms. The number of hydrogen-bond acceptors (Lipinski definition) is 3. The summed E-state index contributed by atoms with van der Waals surface area (Å²) >= 11 is 14.0. The monoisotopic (exact) mass is 316 g/mol. The number of nitrogens with zero attached hydrogens (tertiary/aromatic N) is 1. The second-order valence-electron chi connectivity index (χ2n) is 5.36. The van der Waals surface area contributed by atoms with E-state index >= 15 is 0 Å². The van der Waals surface area contributed by atoms with Crippen molar-refractivity contribution in [2.24, 2.45) is 11.8 Å². The molecule has 0 radical (unpaired) electrons. The Morgan fingerprint density at radius 3 is 2.68 bits per heavy atom. The zero-order valence-electron chi connectivity index (χ0n) is 10.7. The Bertz CT molecular complexity index is 443. The average Bonchev–Trinajstić information content (AvgIpc) is 2.94. The minimum atomic E-state index is 0.758. The molecule has 1 aromatic carbocycles. The fraction of sp³-hybridized carbons (Fsp3) is 0.571. The van der Waals surface area contributed by atoms with Crippen molar-refractivity contribution in [1.29, 1.82) is 0 Å². The third-order valence-corrected chi connectivity index (χ3v) is 5.74. The van der Waals surface area contributed by atoms with E-state index in [1.807, 2.05) is 18.2 Å². The first-order valence-corrected chi connectivity index (χ1v) is 8.47. The van der Waals surface area contributed by atoms with Gasteiger partial charge in [-0.05, 0) is 43.1 Å². The zero-order chi connectivity index (χ0) is 13.2. The summed E-state index contributed by atoms with van der Waals surface area (Å²) in [7, 11) is 0. The Hall–Kier alpha value is 0.0700. The van der Waals surface area contributed by atoms with Gasteiger partial charge in [-0.3, -0.25) is 0 Å². The van der Waals surface area contributed by atoms with E-state index in [0.29, 0.717) is 0 Å². The molecular weight excluding hydrogens is 299 g/mol. The highest BCUT2D eigenvalue weighted by Crippen LogP contribution is 2.31. The fourth-order valence-electron chi connectivity index (χ4n) is 3.01. The van der Waals surface area contributed by atoms with Crippen LogP contribution in [0.3, 0.4) is 0 Å². The van der Waals surface area contributed by atoms with Crippen LogP contribution in [0.25, 0.3) is 0 Å². The van der Waals surface area contributed by atoms with E-state index in [2.05, 4.69) is 10.2 Å². The third kappa shape index (κ3) is 3.40. The number of thioether (sulfide) groups is 1. The molecule has 1 aromatic rings. The summed E-state index contributed by atoms with van der Waals surface area (Å²) < 4.78 is 0. The maximum absolute atomic E-state index is 6.17. The van der Waals surface area contributed by atoms with Crippen molar-refractivity contribution in [3.8, 4) is 0 Å². The van der Waals surface area contributed by atoms with E-state index in [0.717, 1.165) is 39.1 Å². The second-order valence-corrected chi connectivity index (χ2v) is 7.34. The largest absolute Gasteiger partial charge is 0.316 e. The van der Waals surface area contributed by atoms with Crippen LogP contribution in [-0.4, -0.2) is 43.4 Å². The van der Waals surface area contributed by atoms with Gasteiger partial charge in [0.15, 0.2) is 0 Å². The number of likely N-dealkylation sites (tertiary alicyclic amines) is 1. The van der Waals surface area contributed by atoms with Crippen LogP contribution in [0.2, 0.25) is 10.0 Å². The SMILES string of the molecule is Clc1ccc(Cl)c(SCCN2CC3CNCC3C2)c1. The molecule has 0 spiro atoms. The average molecular weight is 317 g/mol. The maximum atomic E-state index is 6.17. The van der Waals surface area contributed by atoms with Crippen LogP contribution in [0.5, 0.6) is 0 Å². The molecule has 2 fully saturated rings. The molecule has 2 heterocycles. The highest BCUT2D eigenvalue weighted by atomic mass is 35.5. The van der Waals surface area contributed by atoms with Gasteiger partial charge in [0.2, 0.25) is 0 Å². The summed E-state index contributed by atoms with van der Waals surface area (Å²) in [6.45, 7) is 6.05. The lowest BCUT2D eigenvalue weighted by molar-refractivity contribution is 0.333. The molecule has 19 heavy (non-hydrogen) atoms. The summed E-state index contributed by atoms with van der Waals surface area (Å²) in [5.41, 5.74) is 0. The van der Waals surface area contributed by atoms with E-state index < -0.39 is 0 Å². The van der Waals surface area contributed by atoms with Gasteiger partial charge in [0, 0.05) is 35.3 Å². The molecule has 0 aliphatic carbocycles. The molecule has 2 aliphatic heterocycles. The first-order valence-electron chi connectivity index (χ1n) is 6.73. The van der Waals surface area contributed by atoms with Gasteiger partial charge < -0.3 is 10.2 Å². The Morgan fingerprint density at radius 2 is 1.95 bits per heavy atom. The molecule has 0 saturated carbocycles. The van der Waals surface area contributed by atoms with Crippen LogP contribution >= 0.6 is 35.0 Å². The zero-order valence-corrected chi connectivity index (χ0v) is 13.1. The van der Waals surface area contributed by atoms with Gasteiger partial charge in [0.1, 0.15) is 0 Å². The Balaban J connectivity index is 1.47. The highest BCUT2D eigenvalue weighted by Gasteiger charge is 2.35. The molecule has 104 valence electrons. The summed E-state index contributed by atoms with van der Waals surface area (Å²) in [4.78, 5) is 3.68. The van der Waals surface area contributed by atoms with Crippen molar-refractivity contribution in [2.75, 3.05) is 38.5 Å². The van der Waals surface area contributed by atoms with Crippen LogP contribution in [-0.2, 0) is 0 Å². The smallest absolute Gasteiger partial charge is 0.0542 e. The first-order chi connectivity index (χ1) is 9.22. The Labute approximate surface area is 128 Å². The lowest BCUT2D eigenvalue weighted by Crippen LogP contribution is -2.27. The summed E-state index contributed by atoms with van der Waals surface area (Å²) in [6.07, 6.45) is 0. The minimum Gasteiger partial charge on any atom is -0.316 e. The van der Waals surface area contributed by atoms with Crippen LogP contribution in [0.1, 0.15) is 0 Å². The lowest BCUT2D eigenvalue weighted by Gasteiger charge is -2.16. The number of halogens is 2. The van der Waals surface area contributed by atoms with Gasteiger partial charge in [0.05, 0.1) is 5.02 Å². The van der Waals surface area contributed by atoms with Crippen LogP contribution in [0, 0.1) is 11.8 Å². The number of hydrogen-bond donors (Lipinski definition) is 1. The Morgan fingerprint density at radius 1 is 1.21 bits per heavy atom. The molecule has 2 unspecified atom stereocenters. The molecule has 3 rings (SSSR count). The quantitative estimate of drug-likeness (QED) is 0.858. The predicted octanol–water partition coefficient (Wildman–Crippen LogP) is 3.24. The van der Waals surface area contributed by atoms with Crippen LogP contribution in [0.15, 0.2) is 23.1 Å². The van der Waals surface area contributed by atoms with Crippen molar-refractivity contribution in [2.45, 2.75) is 4.90 Å². The molecule has 1 N–H and O–H groups in total. The number of benzene rings is 1. The molecule has 0 amide bonds. The third-order valence-electron chi connectivity index (χ3n) is 4.02. The van der Waals surface area contributed by atoms with Crippen molar-refractivity contribution in [3.05, 3.63) is 28.2 Å². The molecule has 2 aliphatic rings. The second kappa shape index (κ2) is 6.23. The van der Waals surface area contributed by atoms with Gasteiger partial charge in [0.25, 0.3) is 0 Å². The van der Waals surface area contributed by atoms with E-state index in [9.17, 15) is 0 Å². The molecule has 2 saturated heterocycles. The minimum absolute atomic E-state index is 0.758. The molecule has 2 atom stereocenters. The van der Waals surface area contributed by atoms with Crippen LogP contribution in [0.4, 0.5) is 0 Å². The van der Waals surface area contributed by atoms with Crippen molar-refractivity contribution >= 4 is 35.0 Å². The van der Waals surface area contributed by atoms with Crippen molar-refractivity contribution in [3.63, 3.8) is 0 Å². The fourth-order valence-corrected chi connectivity index (χ4v) is 4.51. The lowest BCUT2D eigenvalue weighted by atomic mass is 10.0. The van der Waals surface area contributed by atoms with E-state index in [4.69, 9.17) is 23.2 Å². The van der Waals surface area contributed by atoms with Crippen molar-refractivity contribution < 1.29 is 0 Å². The van der Waals surface area contributed by atoms with Crippen molar-refractivity contribution in [1.82, 2.24) is 10.2 Å². The van der Waals surface area contributed by atoms with Gasteiger partial charge in [-0.1, -0.05) is 23.2 Å². The number of rotatable bonds is 4. The highest BCUT2D eigenvalue weighted by molar-refractivity contribution is 7.99. The van der Waals surface area contributed by atoms with E-state index in [-0.39, 0.29) is 0 Å². The molecular formula is C14H18Cl2N2S. The molecule has 0 aromatic heterocycles. The molecule has 5 heteroatoms. The summed E-state index contributed by atoms with van der Waals surface area (Å²) in [6, 6.07) is 5.66. The summed E-state index contributed by atoms with van der Waals surface area (Å²) in [5.74, 6) is 2.83. The predicted molar refractivity (Wildman–Crippen MR) is 83.5 cm³/mol. The normalized spacial score (nSPS) is 26.8. The van der Waals surface area contributed by atoms with Gasteiger partial charge in [-0.15, -0.1) is 11.8 Å². The van der Waals surface area contributed by atoms with E-state index in [1.165, 1.54) is 26.2 Å². The van der Waals surface area contributed by atoms with Crippen LogP contribution < -0.4 is 5.32 Å². The first kappa shape index (κ1) is 14.0. The standard InChI is InChI=1S/C14H18Cl2N2S/c15-12-1-2-13(16)14(5-12)19-4-3-18-8-10-6-17-7-11(10)9-18/h1-2,5,10-11,17H,3-4,6-9H2. The summed E-state index contributed by atoms with van der Waals surface area (Å²) in [5, 5.41) is 5.04. The number of nitrogens with one attached hydrogen (secondary N) is 1. The van der Waals surface area contributed by atoms with Gasteiger partial charge >= 0.3 is 0 Å². The Kier molecular flexibility index (Phi) is 4.60. The topological polar surface area (TPSA) is 15.3 Å². The number of fused-ring (bicyclic) bond motifs is 1. The van der Waals surface area contributed by atoms with E-state index in [1.54, 1.807) is 11.8 Å². The van der Waals surface area contributed by atoms with Gasteiger partial charge in [-0.25, -0.2) is 0 Å². The van der Waals surface area contributed by atoms with Gasteiger partial charge in [-0.2, -0.15) is 0 Å².